The summed E-state index contributed by atoms with van der Waals surface area (Å²) >= 11 is 0. The Morgan fingerprint density at radius 1 is 1.08 bits per heavy atom. The van der Waals surface area contributed by atoms with Crippen molar-refractivity contribution < 1.29 is 13.2 Å². The molecule has 5 heteroatoms. The van der Waals surface area contributed by atoms with E-state index in [4.69, 9.17) is 0 Å². The molecular weight excluding hydrogens is 334 g/mol. The third-order valence-electron chi connectivity index (χ3n) is 4.99. The van der Waals surface area contributed by atoms with Gasteiger partial charge in [0.15, 0.2) is 9.84 Å². The molecule has 1 saturated carbocycles. The Morgan fingerprint density at radius 2 is 1.72 bits per heavy atom. The van der Waals surface area contributed by atoms with E-state index in [0.29, 0.717) is 6.42 Å². The highest BCUT2D eigenvalue weighted by atomic mass is 32.2. The first-order valence-corrected chi connectivity index (χ1v) is 10.8. The van der Waals surface area contributed by atoms with Crippen molar-refractivity contribution in [2.24, 2.45) is 0 Å². The minimum Gasteiger partial charge on any atom is -0.332 e. The molecule has 0 radical (unpaired) electrons. The van der Waals surface area contributed by atoms with E-state index < -0.39 is 9.84 Å². The topological polar surface area (TPSA) is 54.5 Å². The van der Waals surface area contributed by atoms with E-state index in [1.807, 2.05) is 23.1 Å². The molecule has 2 aliphatic rings. The number of carbonyl (C=O) groups excluding carboxylic acids is 1. The van der Waals surface area contributed by atoms with Gasteiger partial charge in [-0.3, -0.25) is 4.79 Å². The minimum atomic E-state index is -2.98. The maximum Gasteiger partial charge on any atom is 0.247 e. The Kier molecular flexibility index (Phi) is 4.80. The Morgan fingerprint density at radius 3 is 2.20 bits per heavy atom. The zero-order valence-electron chi connectivity index (χ0n) is 15.2. The van der Waals surface area contributed by atoms with E-state index in [1.165, 1.54) is 5.56 Å². The van der Waals surface area contributed by atoms with Crippen LogP contribution in [-0.2, 0) is 20.0 Å². The van der Waals surface area contributed by atoms with Crippen molar-refractivity contribution in [1.29, 1.82) is 0 Å². The van der Waals surface area contributed by atoms with Gasteiger partial charge >= 0.3 is 0 Å². The van der Waals surface area contributed by atoms with Crippen LogP contribution in [0.3, 0.4) is 0 Å². The summed E-state index contributed by atoms with van der Waals surface area (Å²) in [6, 6.07) is 8.28. The van der Waals surface area contributed by atoms with Gasteiger partial charge in [0.05, 0.1) is 11.5 Å². The largest absolute Gasteiger partial charge is 0.332 e. The van der Waals surface area contributed by atoms with E-state index in [-0.39, 0.29) is 34.9 Å². The van der Waals surface area contributed by atoms with Crippen molar-refractivity contribution in [2.45, 2.75) is 57.5 Å². The molecule has 1 aromatic carbocycles. The number of hydrogen-bond acceptors (Lipinski definition) is 3. The van der Waals surface area contributed by atoms with Crippen molar-refractivity contribution >= 4 is 21.8 Å². The second-order valence-corrected chi connectivity index (χ2v) is 10.5. The highest BCUT2D eigenvalue weighted by Gasteiger charge is 2.41. The summed E-state index contributed by atoms with van der Waals surface area (Å²) in [5, 5.41) is 0. The maximum absolute atomic E-state index is 12.7. The molecule has 25 heavy (non-hydrogen) atoms. The molecule has 1 saturated heterocycles. The molecule has 0 spiro atoms. The fraction of sp³-hybridized carbons (Fsp3) is 0.550. The lowest BCUT2D eigenvalue weighted by Crippen LogP contribution is -2.41. The predicted octanol–water partition coefficient (Wildman–Crippen LogP) is 3.18. The van der Waals surface area contributed by atoms with Gasteiger partial charge in [-0.25, -0.2) is 8.42 Å². The SMILES string of the molecule is CC(C)(C)c1ccc(C=CC(=O)N(C2CC2)C2CCS(=O)(=O)C2)cc1. The quantitative estimate of drug-likeness (QED) is 0.774. The minimum absolute atomic E-state index is 0.0653. The first-order chi connectivity index (χ1) is 11.7. The standard InChI is InChI=1S/C20H27NO3S/c1-20(2,3)16-7-4-15(5-8-16)6-11-19(22)21(17-9-10-17)18-12-13-25(23,24)14-18/h4-8,11,17-18H,9-10,12-14H2,1-3H3. The molecule has 3 rings (SSSR count). The van der Waals surface area contributed by atoms with Crippen LogP contribution in [0, 0.1) is 0 Å². The maximum atomic E-state index is 12.7. The highest BCUT2D eigenvalue weighted by Crippen LogP contribution is 2.32. The molecular formula is C20H27NO3S. The van der Waals surface area contributed by atoms with Crippen LogP contribution >= 0.6 is 0 Å². The summed E-state index contributed by atoms with van der Waals surface area (Å²) < 4.78 is 23.5. The van der Waals surface area contributed by atoms with Gasteiger partial charge in [0.1, 0.15) is 0 Å². The van der Waals surface area contributed by atoms with Crippen LogP contribution in [0.4, 0.5) is 0 Å². The average molecular weight is 362 g/mol. The van der Waals surface area contributed by atoms with Gasteiger partial charge in [-0.05, 0) is 41.9 Å². The second-order valence-electron chi connectivity index (χ2n) is 8.24. The molecule has 0 N–H and O–H groups in total. The first-order valence-electron chi connectivity index (χ1n) is 8.97. The number of carbonyl (C=O) groups is 1. The molecule has 1 aliphatic heterocycles. The van der Waals surface area contributed by atoms with E-state index >= 15 is 0 Å². The van der Waals surface area contributed by atoms with E-state index in [2.05, 4.69) is 32.9 Å². The lowest BCUT2D eigenvalue weighted by Gasteiger charge is -2.27. The molecule has 1 unspecified atom stereocenters. The smallest absolute Gasteiger partial charge is 0.247 e. The van der Waals surface area contributed by atoms with Crippen LogP contribution in [0.15, 0.2) is 30.3 Å². The Hall–Kier alpha value is -1.62. The van der Waals surface area contributed by atoms with Gasteiger partial charge in [0, 0.05) is 18.2 Å². The lowest BCUT2D eigenvalue weighted by molar-refractivity contribution is -0.128. The summed E-state index contributed by atoms with van der Waals surface area (Å²) in [6.45, 7) is 6.51. The number of amides is 1. The molecule has 1 aliphatic carbocycles. The average Bonchev–Trinajstić information content (AvgIpc) is 3.28. The molecule has 1 heterocycles. The molecule has 136 valence electrons. The van der Waals surface area contributed by atoms with Crippen LogP contribution in [0.25, 0.3) is 6.08 Å². The first kappa shape index (κ1) is 18.2. The highest BCUT2D eigenvalue weighted by molar-refractivity contribution is 7.91. The zero-order chi connectivity index (χ0) is 18.2. The third-order valence-corrected chi connectivity index (χ3v) is 6.74. The monoisotopic (exact) mass is 361 g/mol. The van der Waals surface area contributed by atoms with Gasteiger partial charge < -0.3 is 4.90 Å². The van der Waals surface area contributed by atoms with Gasteiger partial charge in [-0.1, -0.05) is 45.0 Å². The van der Waals surface area contributed by atoms with E-state index in [9.17, 15) is 13.2 Å². The van der Waals surface area contributed by atoms with Crippen LogP contribution in [0.1, 0.15) is 51.2 Å². The summed E-state index contributed by atoms with van der Waals surface area (Å²) in [5.74, 6) is 0.250. The van der Waals surface area contributed by atoms with Gasteiger partial charge in [0.25, 0.3) is 0 Å². The van der Waals surface area contributed by atoms with Crippen LogP contribution < -0.4 is 0 Å². The molecule has 2 fully saturated rings. The van der Waals surface area contributed by atoms with Gasteiger partial charge in [-0.2, -0.15) is 0 Å². The number of rotatable bonds is 4. The summed E-state index contributed by atoms with van der Waals surface area (Å²) in [7, 11) is -2.98. The number of nitrogens with zero attached hydrogens (tertiary/aromatic N) is 1. The molecule has 0 aromatic heterocycles. The van der Waals surface area contributed by atoms with Gasteiger partial charge in [0.2, 0.25) is 5.91 Å². The van der Waals surface area contributed by atoms with Crippen LogP contribution in [-0.4, -0.2) is 42.8 Å². The summed E-state index contributed by atoms with van der Waals surface area (Å²) in [4.78, 5) is 14.5. The van der Waals surface area contributed by atoms with Crippen LogP contribution in [0.2, 0.25) is 0 Å². The lowest BCUT2D eigenvalue weighted by atomic mass is 9.87. The number of hydrogen-bond donors (Lipinski definition) is 0. The predicted molar refractivity (Wildman–Crippen MR) is 101 cm³/mol. The normalized spacial score (nSPS) is 23.1. The molecule has 1 amide bonds. The molecule has 0 bridgehead atoms. The zero-order valence-corrected chi connectivity index (χ0v) is 16.1. The van der Waals surface area contributed by atoms with Crippen molar-refractivity contribution in [2.75, 3.05) is 11.5 Å². The Labute approximate surface area is 150 Å². The van der Waals surface area contributed by atoms with E-state index in [0.717, 1.165) is 18.4 Å². The summed E-state index contributed by atoms with van der Waals surface area (Å²) in [5.41, 5.74) is 2.34. The van der Waals surface area contributed by atoms with Crippen molar-refractivity contribution in [1.82, 2.24) is 4.90 Å². The van der Waals surface area contributed by atoms with Crippen molar-refractivity contribution in [3.05, 3.63) is 41.5 Å². The molecule has 1 aromatic rings. The van der Waals surface area contributed by atoms with Crippen molar-refractivity contribution in [3.63, 3.8) is 0 Å². The van der Waals surface area contributed by atoms with Gasteiger partial charge in [-0.15, -0.1) is 0 Å². The second kappa shape index (κ2) is 6.60. The van der Waals surface area contributed by atoms with E-state index in [1.54, 1.807) is 6.08 Å². The molecule has 4 nitrogen and oxygen atoms in total. The Bertz CT molecular complexity index is 768. The molecule has 1 atom stereocenters. The van der Waals surface area contributed by atoms with Crippen molar-refractivity contribution in [3.8, 4) is 0 Å². The summed E-state index contributed by atoms with van der Waals surface area (Å²) in [6.07, 6.45) is 5.95. The Balaban J connectivity index is 1.70. The fourth-order valence-electron chi connectivity index (χ4n) is 3.35. The third kappa shape index (κ3) is 4.51. The number of benzene rings is 1. The fourth-order valence-corrected chi connectivity index (χ4v) is 5.06. The number of sulfone groups is 1. The van der Waals surface area contributed by atoms with Crippen LogP contribution in [0.5, 0.6) is 0 Å².